The Kier molecular flexibility index (Phi) is 36.8. The van der Waals surface area contributed by atoms with Gasteiger partial charge in [-0.15, -0.1) is 0 Å². The van der Waals surface area contributed by atoms with Crippen molar-refractivity contribution in [3.63, 3.8) is 0 Å². The van der Waals surface area contributed by atoms with Crippen molar-refractivity contribution in [1.82, 2.24) is 90.0 Å². The molecule has 1 aliphatic rings. The Bertz CT molecular complexity index is 3980. The van der Waals surface area contributed by atoms with Gasteiger partial charge in [-0.1, -0.05) is 58.0 Å². The molecule has 41 nitrogen and oxygen atoms in total. The molecule has 1 saturated heterocycles. The number of hydrogen-bond donors (Lipinski definition) is 20. The van der Waals surface area contributed by atoms with Crippen LogP contribution in [-0.2, 0) is 102 Å². The van der Waals surface area contributed by atoms with Gasteiger partial charge in [0, 0.05) is 32.7 Å². The molecule has 1 aromatic rings. The van der Waals surface area contributed by atoms with E-state index in [1.165, 1.54) is 136 Å². The molecule has 2 rings (SSSR count). The maximum absolute atomic E-state index is 14.5. The number of carboxylic acid groups (broad SMARTS) is 1. The Morgan fingerprint density at radius 3 is 1.22 bits per heavy atom. The lowest BCUT2D eigenvalue weighted by molar-refractivity contribution is -0.146. The normalized spacial score (nSPS) is 15.0. The largest absolute Gasteiger partial charge is 0.480 e. The highest BCUT2D eigenvalue weighted by Gasteiger charge is 2.48. The molecule has 0 aromatic heterocycles. The molecule has 0 radical (unpaired) electrons. The molecule has 22 N–H and O–H groups in total. The number of likely N-dealkylation sites (tertiary alicyclic amines) is 1. The van der Waals surface area contributed by atoms with E-state index >= 15 is 0 Å². The minimum absolute atomic E-state index is 0.0333. The maximum Gasteiger partial charge on any atom is 0.326 e. The SMILES string of the molecule is CC(=O)NC(C)(C)C(=O)NCC(=O)N[C@@H](Cc1ccccc1)C(=O)NC(C)(C)C(=O)NC(C)(C)C(=O)N[C@@H](CCC(N)=O)C(=O)NC(C)(C)C(=O)NC(C)(C)C(=O)NC(C)(C)C(=O)N[C@@H](CO)C(=O)N[C@@H](CC(C)C)C(=O)NC(C)(C)C(=O)N1CCC[C@H]1C(=O)N[C@H](C(=O)NC(C)(C)C(=O)NC(C)(C)C(=O)N[C@@H](CCC(N)=O)C(=O)O)C(C)C. The average Bonchev–Trinajstić information content (AvgIpc) is 1.76. The number of amides is 19. The Morgan fingerprint density at radius 2 is 0.807 bits per heavy atom. The molecule has 1 heterocycles. The summed E-state index contributed by atoms with van der Waals surface area (Å²) in [5.41, 5.74) is -5.05. The monoisotopic (exact) mass is 1680 g/mol. The first-order chi connectivity index (χ1) is 54.2. The van der Waals surface area contributed by atoms with Gasteiger partial charge >= 0.3 is 5.97 Å². The van der Waals surface area contributed by atoms with Crippen molar-refractivity contribution in [2.75, 3.05) is 19.7 Å². The third kappa shape index (κ3) is 32.1. The van der Waals surface area contributed by atoms with Crippen LogP contribution in [0.15, 0.2) is 30.3 Å². The maximum atomic E-state index is 14.5. The fraction of sp³-hybridized carbons (Fsp3) is 0.667. The van der Waals surface area contributed by atoms with E-state index in [4.69, 9.17) is 11.5 Å². The molecule has 1 aromatic carbocycles. The second-order valence-electron chi connectivity index (χ2n) is 35.3. The zero-order valence-corrected chi connectivity index (χ0v) is 72.5. The predicted molar refractivity (Wildman–Crippen MR) is 431 cm³/mol. The van der Waals surface area contributed by atoms with E-state index in [0.717, 1.165) is 0 Å². The molecule has 0 aliphatic carbocycles. The molecule has 19 amide bonds. The summed E-state index contributed by atoms with van der Waals surface area (Å²) in [5.74, 6) is -19.1. The third-order valence-electron chi connectivity index (χ3n) is 19.1. The second kappa shape index (κ2) is 42.3. The number of nitrogens with zero attached hydrogens (tertiary/aromatic N) is 1. The summed E-state index contributed by atoms with van der Waals surface area (Å²) in [5, 5.41) is 60.1. The minimum atomic E-state index is -1.95. The van der Waals surface area contributed by atoms with Crippen LogP contribution in [0.4, 0.5) is 0 Å². The first-order valence-electron chi connectivity index (χ1n) is 38.9. The Balaban J connectivity index is 2.22. The molecule has 1 fully saturated rings. The van der Waals surface area contributed by atoms with E-state index in [0.29, 0.717) is 12.0 Å². The van der Waals surface area contributed by atoms with Gasteiger partial charge < -0.3 is 112 Å². The number of hydrogen-bond acceptors (Lipinski definition) is 21. The number of nitrogens with one attached hydrogen (secondary N) is 16. The number of aliphatic hydroxyl groups excluding tert-OH is 1. The lowest BCUT2D eigenvalue weighted by atomic mass is 9.95. The molecular weight excluding hydrogens is 1550 g/mol. The van der Waals surface area contributed by atoms with Gasteiger partial charge in [-0.25, -0.2) is 4.79 Å². The fourth-order valence-electron chi connectivity index (χ4n) is 11.7. The number of primary amides is 2. The van der Waals surface area contributed by atoms with Crippen molar-refractivity contribution in [3.05, 3.63) is 35.9 Å². The highest BCUT2D eigenvalue weighted by Crippen LogP contribution is 2.25. The van der Waals surface area contributed by atoms with Crippen LogP contribution < -0.4 is 96.5 Å². The van der Waals surface area contributed by atoms with Gasteiger partial charge in [-0.05, 0) is 174 Å². The third-order valence-corrected chi connectivity index (χ3v) is 19.1. The van der Waals surface area contributed by atoms with Gasteiger partial charge in [-0.3, -0.25) is 91.1 Å². The van der Waals surface area contributed by atoms with Crippen LogP contribution in [0.1, 0.15) is 210 Å². The van der Waals surface area contributed by atoms with E-state index in [1.54, 1.807) is 58.0 Å². The first-order valence-corrected chi connectivity index (χ1v) is 38.9. The van der Waals surface area contributed by atoms with Gasteiger partial charge in [0.1, 0.15) is 92.1 Å². The molecule has 0 spiro atoms. The number of aliphatic hydroxyl groups is 1. The van der Waals surface area contributed by atoms with Crippen molar-refractivity contribution in [3.8, 4) is 0 Å². The quantitative estimate of drug-likeness (QED) is 0.0293. The Hall–Kier alpha value is -11.4. The van der Waals surface area contributed by atoms with Crippen LogP contribution in [-0.4, -0.2) is 245 Å². The highest BCUT2D eigenvalue weighted by atomic mass is 16.4. The lowest BCUT2D eigenvalue weighted by Crippen LogP contribution is -2.68. The number of nitrogens with two attached hydrogens (primary N) is 2. The average molecular weight is 1680 g/mol. The minimum Gasteiger partial charge on any atom is -0.480 e. The number of carbonyl (C=O) groups excluding carboxylic acids is 19. The van der Waals surface area contributed by atoms with Crippen LogP contribution in [0.3, 0.4) is 0 Å². The molecular formula is C78H127N19O22. The van der Waals surface area contributed by atoms with E-state index < -0.39 is 242 Å². The Morgan fingerprint density at radius 1 is 0.429 bits per heavy atom. The first kappa shape index (κ1) is 104. The van der Waals surface area contributed by atoms with Crippen LogP contribution in [0, 0.1) is 11.8 Å². The van der Waals surface area contributed by atoms with Gasteiger partial charge in [0.25, 0.3) is 0 Å². The van der Waals surface area contributed by atoms with Crippen molar-refractivity contribution in [1.29, 1.82) is 0 Å². The van der Waals surface area contributed by atoms with Crippen molar-refractivity contribution in [2.24, 2.45) is 23.3 Å². The highest BCUT2D eigenvalue weighted by molar-refractivity contribution is 6.04. The molecule has 1 aliphatic heterocycles. The van der Waals surface area contributed by atoms with Crippen molar-refractivity contribution < 1.29 is 106 Å². The molecule has 666 valence electrons. The summed E-state index contributed by atoms with van der Waals surface area (Å²) >= 11 is 0. The Labute approximate surface area is 693 Å². The fourth-order valence-corrected chi connectivity index (χ4v) is 11.7. The molecule has 0 unspecified atom stereocenters. The van der Waals surface area contributed by atoms with E-state index in [9.17, 15) is 106 Å². The smallest absolute Gasteiger partial charge is 0.326 e. The summed E-state index contributed by atoms with van der Waals surface area (Å²) in [6.07, 6.45) is -1.29. The summed E-state index contributed by atoms with van der Waals surface area (Å²) in [6.45, 7) is 29.6. The van der Waals surface area contributed by atoms with Crippen LogP contribution in [0.5, 0.6) is 0 Å². The number of benzene rings is 1. The standard InChI is InChI=1S/C78H127N19O22/c1-40(2)36-46(56(105)91-78(22,23)69(119)97-35-27-30-49(97)58(107)87-53(41(3)4)59(108)92-76(18,19)67(117)94-72(10,11)63(113)85-45(60(109)110)32-34-51(80)101)83-54(103)48(39-98)86-64(114)73(12,13)95-68(118)77(20,21)96-66(116)74(14,15)89-55(104)44(31-33-50(79)100)84-62(112)71(8,9)93-65(115)75(16,17)90-57(106)47(37-43-28-25-24-26-29-43)82-52(102)38-81-61(111)70(6,7)88-42(5)99/h24-26,28-29,40-41,44-49,53,98H,27,30-39H2,1-23H3,(H2,79,100)(H2,80,101)(H,81,111)(H,82,102)(H,83,103)(H,84,112)(H,85,113)(H,86,114)(H,87,107)(H,88,99)(H,89,104)(H,90,106)(H,91,105)(H,92,108)(H,93,115)(H,94,117)(H,95,118)(H,96,116)(H,109,110)/t44-,45-,46-,47-,48-,49-,53-/m0/s1. The summed E-state index contributed by atoms with van der Waals surface area (Å²) in [6, 6.07) is -1.67. The van der Waals surface area contributed by atoms with E-state index in [-0.39, 0.29) is 44.6 Å². The van der Waals surface area contributed by atoms with Crippen LogP contribution in [0.25, 0.3) is 0 Å². The number of aliphatic carboxylic acids is 1. The topological polar surface area (TPSA) is 630 Å². The van der Waals surface area contributed by atoms with Gasteiger partial charge in [0.15, 0.2) is 0 Å². The van der Waals surface area contributed by atoms with Gasteiger partial charge in [0.05, 0.1) is 13.2 Å². The molecule has 119 heavy (non-hydrogen) atoms. The number of carbonyl (C=O) groups is 20. The van der Waals surface area contributed by atoms with E-state index in [2.05, 4.69) is 85.1 Å². The predicted octanol–water partition coefficient (Wildman–Crippen LogP) is -4.37. The lowest BCUT2D eigenvalue weighted by Gasteiger charge is -2.36. The van der Waals surface area contributed by atoms with Gasteiger partial charge in [0.2, 0.25) is 112 Å². The van der Waals surface area contributed by atoms with Crippen molar-refractivity contribution >= 4 is 118 Å². The van der Waals surface area contributed by atoms with Crippen LogP contribution >= 0.6 is 0 Å². The summed E-state index contributed by atoms with van der Waals surface area (Å²) < 4.78 is 0. The van der Waals surface area contributed by atoms with Crippen LogP contribution in [0.2, 0.25) is 0 Å². The summed E-state index contributed by atoms with van der Waals surface area (Å²) in [4.78, 5) is 270. The summed E-state index contributed by atoms with van der Waals surface area (Å²) in [7, 11) is 0. The number of rotatable bonds is 45. The molecule has 7 atom stereocenters. The van der Waals surface area contributed by atoms with Gasteiger partial charge in [-0.2, -0.15) is 0 Å². The second-order valence-corrected chi connectivity index (χ2v) is 35.3. The number of carboxylic acids is 1. The zero-order chi connectivity index (χ0) is 92.0. The molecule has 41 heteroatoms. The van der Waals surface area contributed by atoms with Crippen molar-refractivity contribution in [2.45, 2.75) is 303 Å². The van der Waals surface area contributed by atoms with E-state index in [1.807, 2.05) is 0 Å². The zero-order valence-electron chi connectivity index (χ0n) is 72.5. The molecule has 0 bridgehead atoms. The molecule has 0 saturated carbocycles.